The molecule has 0 radical (unpaired) electrons. The standard InChI is InChI=1S/C17H20N4O3S/c1-10-18-12-9-21(7-6-11(12)14(22)19-10)16(24)17(2,3)20-15(23)13-5-4-8-25-13/h4-5,8H,6-7,9H2,1-3H3,(H,20,23)(H,18,19,22). The maximum atomic E-state index is 12.9. The fraction of sp³-hybridized carbons (Fsp3) is 0.412. The number of thiophene rings is 1. The van der Waals surface area contributed by atoms with Crippen molar-refractivity contribution in [1.29, 1.82) is 0 Å². The zero-order valence-electron chi connectivity index (χ0n) is 14.4. The Morgan fingerprint density at radius 3 is 2.84 bits per heavy atom. The van der Waals surface area contributed by atoms with Gasteiger partial charge in [0.25, 0.3) is 11.5 Å². The lowest BCUT2D eigenvalue weighted by molar-refractivity contribution is -0.137. The van der Waals surface area contributed by atoms with Gasteiger partial charge in [-0.2, -0.15) is 0 Å². The van der Waals surface area contributed by atoms with Gasteiger partial charge in [-0.05, 0) is 38.6 Å². The van der Waals surface area contributed by atoms with Crippen LogP contribution in [0.1, 0.15) is 40.6 Å². The summed E-state index contributed by atoms with van der Waals surface area (Å²) in [6.45, 7) is 5.79. The smallest absolute Gasteiger partial charge is 0.262 e. The molecular weight excluding hydrogens is 340 g/mol. The zero-order chi connectivity index (χ0) is 18.2. The van der Waals surface area contributed by atoms with Gasteiger partial charge in [-0.15, -0.1) is 11.3 Å². The highest BCUT2D eigenvalue weighted by Crippen LogP contribution is 2.19. The van der Waals surface area contributed by atoms with E-state index in [2.05, 4.69) is 15.3 Å². The van der Waals surface area contributed by atoms with Gasteiger partial charge < -0.3 is 15.2 Å². The Morgan fingerprint density at radius 2 is 2.16 bits per heavy atom. The van der Waals surface area contributed by atoms with E-state index in [1.165, 1.54) is 11.3 Å². The first kappa shape index (κ1) is 17.3. The number of nitrogens with one attached hydrogen (secondary N) is 2. The molecule has 132 valence electrons. The number of carbonyl (C=O) groups excluding carboxylic acids is 2. The molecule has 2 N–H and O–H groups in total. The summed E-state index contributed by atoms with van der Waals surface area (Å²) in [5.74, 6) is 0.0715. The Balaban J connectivity index is 1.76. The molecule has 0 unspecified atom stereocenters. The molecule has 0 saturated carbocycles. The monoisotopic (exact) mass is 360 g/mol. The molecule has 3 heterocycles. The normalized spacial score (nSPS) is 14.1. The summed E-state index contributed by atoms with van der Waals surface area (Å²) in [6, 6.07) is 3.51. The molecule has 25 heavy (non-hydrogen) atoms. The molecule has 0 aromatic carbocycles. The average molecular weight is 360 g/mol. The summed E-state index contributed by atoms with van der Waals surface area (Å²) in [5.41, 5.74) is 0.0746. The number of nitrogens with zero attached hydrogens (tertiary/aromatic N) is 2. The van der Waals surface area contributed by atoms with E-state index < -0.39 is 5.54 Å². The van der Waals surface area contributed by atoms with Gasteiger partial charge in [-0.1, -0.05) is 6.07 Å². The minimum absolute atomic E-state index is 0.139. The number of rotatable bonds is 3. The van der Waals surface area contributed by atoms with Crippen molar-refractivity contribution >= 4 is 23.2 Å². The Morgan fingerprint density at radius 1 is 1.40 bits per heavy atom. The summed E-state index contributed by atoms with van der Waals surface area (Å²) in [5, 5.41) is 4.61. The van der Waals surface area contributed by atoms with Crippen molar-refractivity contribution in [3.8, 4) is 0 Å². The number of aryl methyl sites for hydroxylation is 1. The lowest BCUT2D eigenvalue weighted by Crippen LogP contribution is -2.56. The van der Waals surface area contributed by atoms with Crippen molar-refractivity contribution in [3.05, 3.63) is 49.8 Å². The lowest BCUT2D eigenvalue weighted by Gasteiger charge is -2.34. The van der Waals surface area contributed by atoms with Gasteiger partial charge in [0.1, 0.15) is 11.4 Å². The molecule has 7 nitrogen and oxygen atoms in total. The first-order chi connectivity index (χ1) is 11.8. The van der Waals surface area contributed by atoms with Crippen LogP contribution in [-0.2, 0) is 17.8 Å². The summed E-state index contributed by atoms with van der Waals surface area (Å²) >= 11 is 1.33. The number of hydrogen-bond donors (Lipinski definition) is 2. The maximum Gasteiger partial charge on any atom is 0.262 e. The number of amides is 2. The van der Waals surface area contributed by atoms with Gasteiger partial charge in [-0.25, -0.2) is 4.98 Å². The third-order valence-electron chi connectivity index (χ3n) is 4.18. The maximum absolute atomic E-state index is 12.9. The van der Waals surface area contributed by atoms with Crippen LogP contribution in [0.15, 0.2) is 22.3 Å². The van der Waals surface area contributed by atoms with Crippen molar-refractivity contribution < 1.29 is 9.59 Å². The van der Waals surface area contributed by atoms with Gasteiger partial charge in [0.15, 0.2) is 0 Å². The topological polar surface area (TPSA) is 95.2 Å². The third kappa shape index (κ3) is 3.48. The Labute approximate surface area is 149 Å². The molecule has 1 aliphatic rings. The van der Waals surface area contributed by atoms with Gasteiger partial charge in [0.2, 0.25) is 5.91 Å². The van der Waals surface area contributed by atoms with E-state index in [9.17, 15) is 14.4 Å². The molecule has 8 heteroatoms. The molecule has 2 aromatic rings. The summed E-state index contributed by atoms with van der Waals surface area (Å²) in [6.07, 6.45) is 0.457. The lowest BCUT2D eigenvalue weighted by atomic mass is 9.99. The van der Waals surface area contributed by atoms with Crippen molar-refractivity contribution in [2.24, 2.45) is 0 Å². The second-order valence-corrected chi connectivity index (χ2v) is 7.56. The zero-order valence-corrected chi connectivity index (χ0v) is 15.2. The van der Waals surface area contributed by atoms with Gasteiger partial charge in [0.05, 0.1) is 17.1 Å². The predicted octanol–water partition coefficient (Wildman–Crippen LogP) is 1.23. The molecule has 3 rings (SSSR count). The van der Waals surface area contributed by atoms with Crippen LogP contribution >= 0.6 is 11.3 Å². The quantitative estimate of drug-likeness (QED) is 0.861. The first-order valence-corrected chi connectivity index (χ1v) is 8.90. The fourth-order valence-corrected chi connectivity index (χ4v) is 3.56. The molecule has 2 aromatic heterocycles. The molecule has 2 amide bonds. The number of hydrogen-bond acceptors (Lipinski definition) is 5. The van der Waals surface area contributed by atoms with Crippen LogP contribution in [0.3, 0.4) is 0 Å². The largest absolute Gasteiger partial charge is 0.337 e. The van der Waals surface area contributed by atoms with E-state index in [0.29, 0.717) is 34.9 Å². The van der Waals surface area contributed by atoms with Crippen LogP contribution in [0.4, 0.5) is 0 Å². The van der Waals surface area contributed by atoms with Crippen LogP contribution in [0.25, 0.3) is 0 Å². The van der Waals surface area contributed by atoms with Crippen LogP contribution < -0.4 is 10.9 Å². The van der Waals surface area contributed by atoms with Crippen molar-refractivity contribution in [2.45, 2.75) is 39.3 Å². The number of H-pyrrole nitrogens is 1. The van der Waals surface area contributed by atoms with Crippen molar-refractivity contribution in [3.63, 3.8) is 0 Å². The van der Waals surface area contributed by atoms with E-state index >= 15 is 0 Å². The second-order valence-electron chi connectivity index (χ2n) is 6.61. The van der Waals surface area contributed by atoms with Crippen LogP contribution in [0.5, 0.6) is 0 Å². The highest BCUT2D eigenvalue weighted by molar-refractivity contribution is 7.12. The van der Waals surface area contributed by atoms with E-state index in [0.717, 1.165) is 0 Å². The Hall–Kier alpha value is -2.48. The molecule has 0 aliphatic carbocycles. The van der Waals surface area contributed by atoms with E-state index in [1.54, 1.807) is 37.8 Å². The van der Waals surface area contributed by atoms with Crippen molar-refractivity contribution in [1.82, 2.24) is 20.2 Å². The van der Waals surface area contributed by atoms with Gasteiger partial charge in [0, 0.05) is 12.1 Å². The van der Waals surface area contributed by atoms with Crippen LogP contribution in [0, 0.1) is 6.92 Å². The highest BCUT2D eigenvalue weighted by Gasteiger charge is 2.36. The molecule has 0 fully saturated rings. The van der Waals surface area contributed by atoms with Crippen LogP contribution in [0.2, 0.25) is 0 Å². The van der Waals surface area contributed by atoms with Gasteiger partial charge >= 0.3 is 0 Å². The molecule has 0 bridgehead atoms. The summed E-state index contributed by atoms with van der Waals surface area (Å²) in [4.78, 5) is 46.4. The Bertz CT molecular complexity index is 871. The Kier molecular flexibility index (Phi) is 4.47. The number of aromatic amines is 1. The molecule has 0 saturated heterocycles. The number of fused-ring (bicyclic) bond motifs is 1. The summed E-state index contributed by atoms with van der Waals surface area (Å²) in [7, 11) is 0. The van der Waals surface area contributed by atoms with Crippen LogP contribution in [-0.4, -0.2) is 38.8 Å². The fourth-order valence-electron chi connectivity index (χ4n) is 2.94. The molecule has 1 aliphatic heterocycles. The highest BCUT2D eigenvalue weighted by atomic mass is 32.1. The van der Waals surface area contributed by atoms with E-state index in [4.69, 9.17) is 0 Å². The predicted molar refractivity (Wildman–Crippen MR) is 94.6 cm³/mol. The van der Waals surface area contributed by atoms with E-state index in [1.807, 2.05) is 5.38 Å². The summed E-state index contributed by atoms with van der Waals surface area (Å²) < 4.78 is 0. The van der Waals surface area contributed by atoms with Gasteiger partial charge in [-0.3, -0.25) is 14.4 Å². The van der Waals surface area contributed by atoms with E-state index in [-0.39, 0.29) is 23.9 Å². The third-order valence-corrected chi connectivity index (χ3v) is 5.05. The SMILES string of the molecule is Cc1nc2c(c(=O)[nH]1)CCN(C(=O)C(C)(C)NC(=O)c1cccs1)C2. The number of aromatic nitrogens is 2. The molecule has 0 spiro atoms. The number of carbonyl (C=O) groups is 2. The molecular formula is C17H20N4O3S. The minimum Gasteiger partial charge on any atom is -0.337 e. The average Bonchev–Trinajstić information content (AvgIpc) is 3.07. The second kappa shape index (κ2) is 6.44. The molecule has 0 atom stereocenters. The van der Waals surface area contributed by atoms with Crippen molar-refractivity contribution in [2.75, 3.05) is 6.54 Å². The minimum atomic E-state index is -1.05. The first-order valence-electron chi connectivity index (χ1n) is 8.02.